The highest BCUT2D eigenvalue weighted by Crippen LogP contribution is 2.21. The highest BCUT2D eigenvalue weighted by molar-refractivity contribution is 9.10. The topological polar surface area (TPSA) is 38.0 Å². The molecule has 0 aliphatic carbocycles. The van der Waals surface area contributed by atoms with Crippen LogP contribution in [-0.4, -0.2) is 12.6 Å². The lowest BCUT2D eigenvalue weighted by Gasteiger charge is -2.10. The number of nitrogens with one attached hydrogen (secondary N) is 1. The first-order chi connectivity index (χ1) is 6.74. The summed E-state index contributed by atoms with van der Waals surface area (Å²) in [5, 5.41) is 5.46. The van der Waals surface area contributed by atoms with Crippen molar-refractivity contribution in [2.24, 2.45) is 5.73 Å². The second kappa shape index (κ2) is 6.56. The molecule has 80 valence electrons. The molecule has 1 rings (SSSR count). The van der Waals surface area contributed by atoms with Crippen molar-refractivity contribution < 1.29 is 0 Å². The van der Waals surface area contributed by atoms with Crippen LogP contribution in [0.3, 0.4) is 0 Å². The molecule has 4 heteroatoms. The van der Waals surface area contributed by atoms with Crippen LogP contribution < -0.4 is 11.1 Å². The number of hydrogen-bond donors (Lipinski definition) is 2. The Balaban J connectivity index is 2.19. The Hall–Kier alpha value is 0.100. The first-order valence-corrected chi connectivity index (χ1v) is 6.59. The maximum absolute atomic E-state index is 5.89. The molecule has 0 spiro atoms. The van der Waals surface area contributed by atoms with Gasteiger partial charge in [0.2, 0.25) is 0 Å². The fraction of sp³-hybridized carbons (Fsp3) is 0.600. The third-order valence-corrected chi connectivity index (χ3v) is 3.97. The fourth-order valence-electron chi connectivity index (χ4n) is 1.30. The molecular formula is C10H17BrN2S. The van der Waals surface area contributed by atoms with Gasteiger partial charge in [-0.15, -0.1) is 11.3 Å². The van der Waals surface area contributed by atoms with E-state index in [0.717, 1.165) is 25.9 Å². The second-order valence-electron chi connectivity index (χ2n) is 3.37. The van der Waals surface area contributed by atoms with Crippen LogP contribution in [0.15, 0.2) is 15.9 Å². The highest BCUT2D eigenvalue weighted by atomic mass is 79.9. The van der Waals surface area contributed by atoms with Crippen LogP contribution in [-0.2, 0) is 6.54 Å². The van der Waals surface area contributed by atoms with Crippen LogP contribution >= 0.6 is 27.3 Å². The van der Waals surface area contributed by atoms with E-state index in [1.165, 1.54) is 9.35 Å². The summed E-state index contributed by atoms with van der Waals surface area (Å²) in [6, 6.07) is 2.37. The zero-order valence-electron chi connectivity index (χ0n) is 8.42. The zero-order valence-corrected chi connectivity index (χ0v) is 10.8. The average molecular weight is 277 g/mol. The molecule has 0 aliphatic heterocycles. The van der Waals surface area contributed by atoms with Gasteiger partial charge in [-0.2, -0.15) is 0 Å². The van der Waals surface area contributed by atoms with E-state index in [1.807, 2.05) is 0 Å². The predicted molar refractivity (Wildman–Crippen MR) is 66.6 cm³/mol. The normalized spacial score (nSPS) is 13.1. The first-order valence-electron chi connectivity index (χ1n) is 4.92. The van der Waals surface area contributed by atoms with Gasteiger partial charge >= 0.3 is 0 Å². The Morgan fingerprint density at radius 1 is 1.64 bits per heavy atom. The lowest BCUT2D eigenvalue weighted by molar-refractivity contribution is 0.540. The van der Waals surface area contributed by atoms with E-state index in [1.54, 1.807) is 11.3 Å². The second-order valence-corrected chi connectivity index (χ2v) is 5.23. The van der Waals surface area contributed by atoms with Gasteiger partial charge in [0.25, 0.3) is 0 Å². The Morgan fingerprint density at radius 2 is 2.43 bits per heavy atom. The average Bonchev–Trinajstić information content (AvgIpc) is 2.52. The molecular weight excluding hydrogens is 260 g/mol. The summed E-state index contributed by atoms with van der Waals surface area (Å²) in [7, 11) is 0. The van der Waals surface area contributed by atoms with E-state index in [0.29, 0.717) is 6.04 Å². The summed E-state index contributed by atoms with van der Waals surface area (Å²) >= 11 is 5.27. The van der Waals surface area contributed by atoms with Crippen LogP contribution in [0.4, 0.5) is 0 Å². The van der Waals surface area contributed by atoms with Gasteiger partial charge in [0.05, 0.1) is 0 Å². The Kier molecular flexibility index (Phi) is 5.70. The summed E-state index contributed by atoms with van der Waals surface area (Å²) in [6.07, 6.45) is 2.25. The van der Waals surface area contributed by atoms with E-state index in [-0.39, 0.29) is 0 Å². The molecule has 3 N–H and O–H groups in total. The van der Waals surface area contributed by atoms with E-state index in [4.69, 9.17) is 5.73 Å². The smallest absolute Gasteiger partial charge is 0.0327 e. The molecule has 0 saturated carbocycles. The molecule has 0 fully saturated rings. The highest BCUT2D eigenvalue weighted by Gasteiger charge is 2.03. The Bertz CT molecular complexity index is 262. The number of hydrogen-bond acceptors (Lipinski definition) is 3. The van der Waals surface area contributed by atoms with Crippen LogP contribution in [0.25, 0.3) is 0 Å². The molecule has 0 amide bonds. The largest absolute Gasteiger partial charge is 0.327 e. The third kappa shape index (κ3) is 4.09. The number of thiophene rings is 1. The van der Waals surface area contributed by atoms with Crippen molar-refractivity contribution >= 4 is 27.3 Å². The monoisotopic (exact) mass is 276 g/mol. The molecule has 0 aromatic carbocycles. The summed E-state index contributed by atoms with van der Waals surface area (Å²) in [5.41, 5.74) is 5.89. The molecule has 0 aliphatic rings. The molecule has 1 aromatic rings. The minimum atomic E-state index is 0.290. The standard InChI is InChI=1S/C10H17BrN2S/c1-2-3-8(12)6-13-7-10-9(11)4-5-14-10/h4-5,8,13H,2-3,6-7,12H2,1H3. The van der Waals surface area contributed by atoms with Gasteiger partial charge in [0.1, 0.15) is 0 Å². The fourth-order valence-corrected chi connectivity index (χ4v) is 2.76. The van der Waals surface area contributed by atoms with Gasteiger partial charge in [0.15, 0.2) is 0 Å². The first kappa shape index (κ1) is 12.2. The van der Waals surface area contributed by atoms with Gasteiger partial charge in [-0.05, 0) is 33.8 Å². The zero-order chi connectivity index (χ0) is 10.4. The van der Waals surface area contributed by atoms with Crippen molar-refractivity contribution in [2.45, 2.75) is 32.4 Å². The van der Waals surface area contributed by atoms with Crippen LogP contribution in [0, 0.1) is 0 Å². The minimum Gasteiger partial charge on any atom is -0.327 e. The van der Waals surface area contributed by atoms with Crippen molar-refractivity contribution in [3.63, 3.8) is 0 Å². The molecule has 0 radical (unpaired) electrons. The summed E-state index contributed by atoms with van der Waals surface area (Å²) < 4.78 is 1.19. The summed E-state index contributed by atoms with van der Waals surface area (Å²) in [5.74, 6) is 0. The van der Waals surface area contributed by atoms with Gasteiger partial charge in [-0.3, -0.25) is 0 Å². The van der Waals surface area contributed by atoms with Gasteiger partial charge in [-0.25, -0.2) is 0 Å². The number of halogens is 1. The van der Waals surface area contributed by atoms with Crippen molar-refractivity contribution in [3.8, 4) is 0 Å². The van der Waals surface area contributed by atoms with Crippen molar-refractivity contribution in [2.75, 3.05) is 6.54 Å². The molecule has 14 heavy (non-hydrogen) atoms. The summed E-state index contributed by atoms with van der Waals surface area (Å²) in [6.45, 7) is 3.98. The lowest BCUT2D eigenvalue weighted by Crippen LogP contribution is -2.33. The third-order valence-electron chi connectivity index (χ3n) is 2.04. The van der Waals surface area contributed by atoms with Crippen molar-refractivity contribution in [1.29, 1.82) is 0 Å². The lowest BCUT2D eigenvalue weighted by atomic mass is 10.2. The molecule has 0 saturated heterocycles. The van der Waals surface area contributed by atoms with Gasteiger partial charge in [-0.1, -0.05) is 13.3 Å². The Morgan fingerprint density at radius 3 is 3.00 bits per heavy atom. The maximum atomic E-state index is 5.89. The Labute approximate surface area is 98.0 Å². The predicted octanol–water partition coefficient (Wildman–Crippen LogP) is 2.73. The molecule has 1 heterocycles. The number of rotatable bonds is 6. The quantitative estimate of drug-likeness (QED) is 0.839. The number of nitrogens with two attached hydrogens (primary N) is 1. The van der Waals surface area contributed by atoms with E-state index in [9.17, 15) is 0 Å². The van der Waals surface area contributed by atoms with Crippen molar-refractivity contribution in [1.82, 2.24) is 5.32 Å². The molecule has 1 aromatic heterocycles. The molecule has 1 atom stereocenters. The maximum Gasteiger partial charge on any atom is 0.0327 e. The molecule has 2 nitrogen and oxygen atoms in total. The SMILES string of the molecule is CCCC(N)CNCc1sccc1Br. The van der Waals surface area contributed by atoms with Crippen LogP contribution in [0.5, 0.6) is 0 Å². The molecule has 0 bridgehead atoms. The van der Waals surface area contributed by atoms with E-state index < -0.39 is 0 Å². The minimum absolute atomic E-state index is 0.290. The van der Waals surface area contributed by atoms with Gasteiger partial charge < -0.3 is 11.1 Å². The summed E-state index contributed by atoms with van der Waals surface area (Å²) in [4.78, 5) is 1.34. The van der Waals surface area contributed by atoms with Crippen LogP contribution in [0.1, 0.15) is 24.6 Å². The van der Waals surface area contributed by atoms with Crippen molar-refractivity contribution in [3.05, 3.63) is 20.8 Å². The van der Waals surface area contributed by atoms with E-state index >= 15 is 0 Å². The van der Waals surface area contributed by atoms with Gasteiger partial charge in [0, 0.05) is 28.5 Å². The molecule has 1 unspecified atom stereocenters. The van der Waals surface area contributed by atoms with E-state index in [2.05, 4.69) is 39.6 Å². The van der Waals surface area contributed by atoms with Crippen LogP contribution in [0.2, 0.25) is 0 Å².